The van der Waals surface area contributed by atoms with Gasteiger partial charge in [0.1, 0.15) is 6.20 Å². The van der Waals surface area contributed by atoms with Crippen LogP contribution in [0.2, 0.25) is 0 Å². The number of nitrogens with zero attached hydrogens (tertiary/aromatic N) is 2. The minimum absolute atomic E-state index is 0.858. The molecule has 0 bridgehead atoms. The second-order valence-electron chi connectivity index (χ2n) is 2.32. The Labute approximate surface area is 59.5 Å². The highest BCUT2D eigenvalue weighted by Crippen LogP contribution is 2.04. The summed E-state index contributed by atoms with van der Waals surface area (Å²) in [5, 5.41) is 3.22. The average Bonchev–Trinajstić information content (AvgIpc) is 2.05. The van der Waals surface area contributed by atoms with Crippen molar-refractivity contribution in [3.05, 3.63) is 23.8 Å². The van der Waals surface area contributed by atoms with E-state index in [1.165, 1.54) is 0 Å². The van der Waals surface area contributed by atoms with Crippen molar-refractivity contribution in [1.29, 1.82) is 0 Å². The molecule has 3 heteroatoms. The first-order valence-corrected chi connectivity index (χ1v) is 3.38. The predicted octanol–water partition coefficient (Wildman–Crippen LogP) is -0.0775. The summed E-state index contributed by atoms with van der Waals surface area (Å²) in [6.07, 6.45) is 5.33. The van der Waals surface area contributed by atoms with Gasteiger partial charge < -0.3 is 5.32 Å². The number of aromatic nitrogens is 2. The third kappa shape index (κ3) is 0.885. The molecule has 1 aromatic rings. The van der Waals surface area contributed by atoms with Gasteiger partial charge in [-0.05, 0) is 0 Å². The summed E-state index contributed by atoms with van der Waals surface area (Å²) in [4.78, 5) is 8.23. The highest BCUT2D eigenvalue weighted by molar-refractivity contribution is 5.12. The highest BCUT2D eigenvalue weighted by atomic mass is 14.9. The molecule has 1 radical (unpaired) electrons. The summed E-state index contributed by atoms with van der Waals surface area (Å²) in [5.41, 5.74) is 2.17. The van der Waals surface area contributed by atoms with E-state index in [1.807, 2.05) is 0 Å². The first-order chi connectivity index (χ1) is 4.97. The van der Waals surface area contributed by atoms with Crippen LogP contribution in [0.15, 0.2) is 6.20 Å². The van der Waals surface area contributed by atoms with Gasteiger partial charge in [0.25, 0.3) is 0 Å². The van der Waals surface area contributed by atoms with Gasteiger partial charge in [0.05, 0.1) is 17.6 Å². The molecule has 0 saturated carbocycles. The maximum absolute atomic E-state index is 4.14. The van der Waals surface area contributed by atoms with E-state index in [-0.39, 0.29) is 0 Å². The van der Waals surface area contributed by atoms with Crippen molar-refractivity contribution in [1.82, 2.24) is 15.3 Å². The van der Waals surface area contributed by atoms with Crippen molar-refractivity contribution in [3.8, 4) is 0 Å². The van der Waals surface area contributed by atoms with Gasteiger partial charge in [0, 0.05) is 19.5 Å². The molecule has 10 heavy (non-hydrogen) atoms. The lowest BCUT2D eigenvalue weighted by Gasteiger charge is -2.12. The van der Waals surface area contributed by atoms with Gasteiger partial charge in [-0.15, -0.1) is 0 Å². The topological polar surface area (TPSA) is 37.8 Å². The van der Waals surface area contributed by atoms with Crippen molar-refractivity contribution in [2.24, 2.45) is 0 Å². The second kappa shape index (κ2) is 2.34. The smallest absolute Gasteiger partial charge is 0.109 e. The molecule has 0 atom stereocenters. The van der Waals surface area contributed by atoms with Crippen LogP contribution in [0.3, 0.4) is 0 Å². The van der Waals surface area contributed by atoms with Crippen LogP contribution < -0.4 is 5.32 Å². The normalized spacial score (nSPS) is 16.4. The van der Waals surface area contributed by atoms with Crippen LogP contribution in [0, 0.1) is 6.20 Å². The Hall–Kier alpha value is -0.960. The molecule has 1 aliphatic rings. The predicted molar refractivity (Wildman–Crippen MR) is 36.3 cm³/mol. The van der Waals surface area contributed by atoms with Gasteiger partial charge >= 0.3 is 0 Å². The first-order valence-electron chi connectivity index (χ1n) is 3.38. The maximum atomic E-state index is 4.14. The molecule has 1 aromatic heterocycles. The Balaban J connectivity index is 2.41. The zero-order chi connectivity index (χ0) is 6.81. The quantitative estimate of drug-likeness (QED) is 0.539. The Morgan fingerprint density at radius 1 is 1.50 bits per heavy atom. The number of hydrogen-bond donors (Lipinski definition) is 1. The lowest BCUT2D eigenvalue weighted by molar-refractivity contribution is 0.612. The molecule has 1 N–H and O–H groups in total. The molecule has 1 aliphatic heterocycles. The van der Waals surface area contributed by atoms with E-state index in [0.29, 0.717) is 0 Å². The minimum atomic E-state index is 0.858. The maximum Gasteiger partial charge on any atom is 0.109 e. The molecule has 2 rings (SSSR count). The molecule has 0 unspecified atom stereocenters. The van der Waals surface area contributed by atoms with Crippen molar-refractivity contribution in [2.75, 3.05) is 6.54 Å². The molecular weight excluding hydrogens is 126 g/mol. The Kier molecular flexibility index (Phi) is 1.36. The summed E-state index contributed by atoms with van der Waals surface area (Å²) in [7, 11) is 0. The third-order valence-electron chi connectivity index (χ3n) is 1.64. The SMILES string of the molecule is [c]1cnc2c(n1)CCNC2. The first kappa shape index (κ1) is 5.80. The van der Waals surface area contributed by atoms with Gasteiger partial charge in [-0.3, -0.25) is 4.98 Å². The van der Waals surface area contributed by atoms with Crippen LogP contribution in [0.4, 0.5) is 0 Å². The van der Waals surface area contributed by atoms with E-state index < -0.39 is 0 Å². The fourth-order valence-corrected chi connectivity index (χ4v) is 1.11. The van der Waals surface area contributed by atoms with Crippen molar-refractivity contribution < 1.29 is 0 Å². The summed E-state index contributed by atoms with van der Waals surface area (Å²) in [5.74, 6) is 0. The molecule has 51 valence electrons. The van der Waals surface area contributed by atoms with Crippen LogP contribution in [0.25, 0.3) is 0 Å². The molecule has 3 nitrogen and oxygen atoms in total. The molecule has 2 heterocycles. The van der Waals surface area contributed by atoms with Gasteiger partial charge in [-0.2, -0.15) is 0 Å². The molecule has 0 saturated heterocycles. The highest BCUT2D eigenvalue weighted by Gasteiger charge is 2.08. The fraction of sp³-hybridized carbons (Fsp3) is 0.429. The third-order valence-corrected chi connectivity index (χ3v) is 1.64. The van der Waals surface area contributed by atoms with E-state index in [4.69, 9.17) is 0 Å². The number of rotatable bonds is 0. The van der Waals surface area contributed by atoms with Crippen molar-refractivity contribution in [3.63, 3.8) is 0 Å². The molecule has 0 aliphatic carbocycles. The summed E-state index contributed by atoms with van der Waals surface area (Å²) >= 11 is 0. The largest absolute Gasteiger partial charge is 0.311 e. The Bertz CT molecular complexity index is 209. The Morgan fingerprint density at radius 3 is 3.40 bits per heavy atom. The van der Waals surface area contributed by atoms with Crippen molar-refractivity contribution in [2.45, 2.75) is 13.0 Å². The number of hydrogen-bond acceptors (Lipinski definition) is 3. The van der Waals surface area contributed by atoms with Crippen LogP contribution in [0.1, 0.15) is 11.4 Å². The fourth-order valence-electron chi connectivity index (χ4n) is 1.11. The van der Waals surface area contributed by atoms with E-state index in [2.05, 4.69) is 21.5 Å². The zero-order valence-corrected chi connectivity index (χ0v) is 5.59. The van der Waals surface area contributed by atoms with Gasteiger partial charge in [0.2, 0.25) is 0 Å². The van der Waals surface area contributed by atoms with E-state index >= 15 is 0 Å². The molecule has 0 spiro atoms. The van der Waals surface area contributed by atoms with E-state index in [9.17, 15) is 0 Å². The number of fused-ring (bicyclic) bond motifs is 1. The Morgan fingerprint density at radius 2 is 2.50 bits per heavy atom. The molecule has 0 aromatic carbocycles. The second-order valence-corrected chi connectivity index (χ2v) is 2.32. The average molecular weight is 134 g/mol. The molecule has 0 fully saturated rings. The minimum Gasteiger partial charge on any atom is -0.311 e. The van der Waals surface area contributed by atoms with E-state index in [0.717, 1.165) is 30.9 Å². The summed E-state index contributed by atoms with van der Waals surface area (Å²) < 4.78 is 0. The lowest BCUT2D eigenvalue weighted by Crippen LogP contribution is -2.25. The monoisotopic (exact) mass is 134 g/mol. The molecular formula is C7H8N3. The van der Waals surface area contributed by atoms with Gasteiger partial charge in [-0.25, -0.2) is 4.98 Å². The zero-order valence-electron chi connectivity index (χ0n) is 5.59. The summed E-state index contributed by atoms with van der Waals surface area (Å²) in [6, 6.07) is 0. The lowest BCUT2D eigenvalue weighted by atomic mass is 10.2. The van der Waals surface area contributed by atoms with Crippen LogP contribution >= 0.6 is 0 Å². The van der Waals surface area contributed by atoms with Crippen LogP contribution in [0.5, 0.6) is 0 Å². The standard InChI is InChI=1S/C7H8N3/c1-2-8-5-7-6(1)9-3-4-10-7/h4,8H,1-2,5H2. The molecule has 0 amide bonds. The van der Waals surface area contributed by atoms with Gasteiger partial charge in [-0.1, -0.05) is 0 Å². The van der Waals surface area contributed by atoms with E-state index in [1.54, 1.807) is 6.20 Å². The van der Waals surface area contributed by atoms with Crippen LogP contribution in [-0.4, -0.2) is 16.5 Å². The van der Waals surface area contributed by atoms with Gasteiger partial charge in [0.15, 0.2) is 0 Å². The number of nitrogens with one attached hydrogen (secondary N) is 1. The van der Waals surface area contributed by atoms with Crippen LogP contribution in [-0.2, 0) is 13.0 Å². The summed E-state index contributed by atoms with van der Waals surface area (Å²) in [6.45, 7) is 1.87. The van der Waals surface area contributed by atoms with Crippen molar-refractivity contribution >= 4 is 0 Å².